The highest BCUT2D eigenvalue weighted by Gasteiger charge is 2.35. The van der Waals surface area contributed by atoms with Crippen molar-refractivity contribution in [2.75, 3.05) is 32.7 Å². The summed E-state index contributed by atoms with van der Waals surface area (Å²) in [7, 11) is -4.28. The van der Waals surface area contributed by atoms with Crippen LogP contribution in [0.4, 0.5) is 18.0 Å². The van der Waals surface area contributed by atoms with E-state index >= 15 is 0 Å². The Morgan fingerprint density at radius 3 is 2.22 bits per heavy atom. The number of benzene rings is 2. The van der Waals surface area contributed by atoms with E-state index in [1.54, 1.807) is 19.1 Å². The van der Waals surface area contributed by atoms with Crippen LogP contribution in [0.3, 0.4) is 0 Å². The quantitative estimate of drug-likeness (QED) is 0.665. The summed E-state index contributed by atoms with van der Waals surface area (Å²) in [4.78, 5) is 16.8. The van der Waals surface area contributed by atoms with E-state index in [4.69, 9.17) is 0 Å². The Morgan fingerprint density at radius 1 is 1.03 bits per heavy atom. The van der Waals surface area contributed by atoms with Crippen LogP contribution in [0.15, 0.2) is 53.4 Å². The average Bonchev–Trinajstić information content (AvgIpc) is 2.77. The zero-order valence-corrected chi connectivity index (χ0v) is 18.8. The van der Waals surface area contributed by atoms with Gasteiger partial charge in [-0.1, -0.05) is 36.8 Å². The maximum Gasteiger partial charge on any atom is 0.416 e. The maximum absolute atomic E-state index is 13.4. The third-order valence-electron chi connectivity index (χ3n) is 5.49. The van der Waals surface area contributed by atoms with Crippen molar-refractivity contribution in [2.45, 2.75) is 31.5 Å². The van der Waals surface area contributed by atoms with Gasteiger partial charge in [0.25, 0.3) is 10.0 Å². The lowest BCUT2D eigenvalue weighted by atomic mass is 10.1. The zero-order chi connectivity index (χ0) is 23.5. The minimum absolute atomic E-state index is 0.0797. The topological polar surface area (TPSA) is 60.9 Å². The first kappa shape index (κ1) is 24.1. The lowest BCUT2D eigenvalue weighted by molar-refractivity contribution is -0.137. The number of sulfonamides is 1. The van der Waals surface area contributed by atoms with Crippen LogP contribution >= 0.6 is 0 Å². The van der Waals surface area contributed by atoms with Crippen LogP contribution in [-0.2, 0) is 22.7 Å². The molecule has 0 unspecified atom stereocenters. The Hall–Kier alpha value is -2.59. The Morgan fingerprint density at radius 2 is 1.66 bits per heavy atom. The Balaban J connectivity index is 1.96. The third-order valence-corrected chi connectivity index (χ3v) is 7.23. The van der Waals surface area contributed by atoms with Gasteiger partial charge < -0.3 is 9.80 Å². The molecule has 0 saturated carbocycles. The van der Waals surface area contributed by atoms with Gasteiger partial charge in [0, 0.05) is 26.2 Å². The molecule has 0 bridgehead atoms. The molecule has 2 amide bonds. The van der Waals surface area contributed by atoms with Crippen molar-refractivity contribution in [1.82, 2.24) is 14.1 Å². The highest BCUT2D eigenvalue weighted by molar-refractivity contribution is 7.89. The van der Waals surface area contributed by atoms with E-state index in [-0.39, 0.29) is 10.5 Å². The summed E-state index contributed by atoms with van der Waals surface area (Å²) in [6.07, 6.45) is -4.57. The Kier molecular flexibility index (Phi) is 7.14. The second kappa shape index (κ2) is 9.50. The predicted molar refractivity (Wildman–Crippen MR) is 114 cm³/mol. The number of hydrogen-bond donors (Lipinski definition) is 0. The van der Waals surface area contributed by atoms with Crippen LogP contribution in [0.25, 0.3) is 0 Å². The van der Waals surface area contributed by atoms with Crippen molar-refractivity contribution < 1.29 is 26.4 Å². The van der Waals surface area contributed by atoms with Gasteiger partial charge >= 0.3 is 12.2 Å². The largest absolute Gasteiger partial charge is 0.416 e. The number of piperazine rings is 1. The smallest absolute Gasteiger partial charge is 0.321 e. The first-order chi connectivity index (χ1) is 15.0. The molecule has 0 radical (unpaired) electrons. The molecule has 1 fully saturated rings. The number of rotatable bonds is 5. The molecule has 10 heteroatoms. The average molecular weight is 470 g/mol. The van der Waals surface area contributed by atoms with Gasteiger partial charge in [0.2, 0.25) is 0 Å². The van der Waals surface area contributed by atoms with E-state index in [0.717, 1.165) is 24.2 Å². The molecular weight excluding hydrogens is 443 g/mol. The molecule has 6 nitrogen and oxygen atoms in total. The molecular formula is C22H26F3N3O3S. The zero-order valence-electron chi connectivity index (χ0n) is 18.0. The number of halogens is 3. The summed E-state index contributed by atoms with van der Waals surface area (Å²) >= 11 is 0. The number of nitrogens with zero attached hydrogens (tertiary/aromatic N) is 3. The van der Waals surface area contributed by atoms with Gasteiger partial charge in [0.1, 0.15) is 0 Å². The van der Waals surface area contributed by atoms with Crippen molar-refractivity contribution in [3.63, 3.8) is 0 Å². The fraction of sp³-hybridized carbons (Fsp3) is 0.409. The van der Waals surface area contributed by atoms with Crippen molar-refractivity contribution in [2.24, 2.45) is 0 Å². The van der Waals surface area contributed by atoms with Gasteiger partial charge in [-0.2, -0.15) is 13.2 Å². The minimum atomic E-state index is -4.57. The van der Waals surface area contributed by atoms with Crippen LogP contribution < -0.4 is 0 Å². The van der Waals surface area contributed by atoms with Crippen molar-refractivity contribution in [3.05, 3.63) is 65.2 Å². The standard InChI is InChI=1S/C22H26F3N3O3S/c1-3-26-11-13-27(14-12-26)21(29)28(32(30,31)20-9-7-17(2)8-10-20)16-18-5-4-6-19(15-18)22(23,24)25/h4-10,15H,3,11-14,16H2,1-2H3. The lowest BCUT2D eigenvalue weighted by Crippen LogP contribution is -2.53. The summed E-state index contributed by atoms with van der Waals surface area (Å²) in [5.74, 6) is 0. The van der Waals surface area contributed by atoms with Gasteiger partial charge in [-0.15, -0.1) is 0 Å². The second-order valence-electron chi connectivity index (χ2n) is 7.73. The van der Waals surface area contributed by atoms with Crippen molar-refractivity contribution in [3.8, 4) is 0 Å². The first-order valence-corrected chi connectivity index (χ1v) is 11.7. The van der Waals surface area contributed by atoms with Gasteiger partial charge in [0.05, 0.1) is 17.0 Å². The van der Waals surface area contributed by atoms with E-state index in [9.17, 15) is 26.4 Å². The van der Waals surface area contributed by atoms with Gasteiger partial charge in [-0.05, 0) is 43.3 Å². The minimum Gasteiger partial charge on any atom is -0.321 e. The molecule has 32 heavy (non-hydrogen) atoms. The molecule has 3 rings (SSSR count). The van der Waals surface area contributed by atoms with Crippen LogP contribution in [0, 0.1) is 6.92 Å². The molecule has 1 aliphatic rings. The van der Waals surface area contributed by atoms with E-state index < -0.39 is 34.3 Å². The number of alkyl halides is 3. The third kappa shape index (κ3) is 5.42. The van der Waals surface area contributed by atoms with E-state index in [1.165, 1.54) is 29.2 Å². The molecule has 2 aromatic rings. The normalized spacial score (nSPS) is 15.6. The Labute approximate surface area is 186 Å². The predicted octanol–water partition coefficient (Wildman–Crippen LogP) is 3.96. The van der Waals surface area contributed by atoms with Crippen LogP contribution in [-0.4, -0.2) is 61.3 Å². The molecule has 1 saturated heterocycles. The summed E-state index contributed by atoms with van der Waals surface area (Å²) in [5.41, 5.74) is 0.0261. The second-order valence-corrected chi connectivity index (χ2v) is 9.59. The molecule has 0 aliphatic carbocycles. The molecule has 0 spiro atoms. The van der Waals surface area contributed by atoms with Gasteiger partial charge in [-0.25, -0.2) is 17.5 Å². The molecule has 0 atom stereocenters. The number of amides is 2. The molecule has 0 aromatic heterocycles. The van der Waals surface area contributed by atoms with Crippen molar-refractivity contribution >= 4 is 16.1 Å². The molecule has 1 heterocycles. The number of carbonyl (C=O) groups is 1. The summed E-state index contributed by atoms with van der Waals surface area (Å²) < 4.78 is 66.9. The summed E-state index contributed by atoms with van der Waals surface area (Å²) in [5, 5.41) is 0. The lowest BCUT2D eigenvalue weighted by Gasteiger charge is -2.36. The van der Waals surface area contributed by atoms with Crippen LogP contribution in [0.5, 0.6) is 0 Å². The Bertz CT molecular complexity index is 1050. The monoisotopic (exact) mass is 469 g/mol. The van der Waals surface area contributed by atoms with Crippen LogP contribution in [0.1, 0.15) is 23.6 Å². The SMILES string of the molecule is CCN1CCN(C(=O)N(Cc2cccc(C(F)(F)F)c2)S(=O)(=O)c2ccc(C)cc2)CC1. The van der Waals surface area contributed by atoms with Crippen LogP contribution in [0.2, 0.25) is 0 Å². The fourth-order valence-corrected chi connectivity index (χ4v) is 4.89. The molecule has 174 valence electrons. The molecule has 2 aromatic carbocycles. The number of aryl methyl sites for hydroxylation is 1. The first-order valence-electron chi connectivity index (χ1n) is 10.3. The van der Waals surface area contributed by atoms with E-state index in [2.05, 4.69) is 4.90 Å². The molecule has 1 aliphatic heterocycles. The summed E-state index contributed by atoms with van der Waals surface area (Å²) in [6, 6.07) is 9.65. The maximum atomic E-state index is 13.4. The fourth-order valence-electron chi connectivity index (χ4n) is 3.52. The van der Waals surface area contributed by atoms with Gasteiger partial charge in [0.15, 0.2) is 0 Å². The molecule has 0 N–H and O–H groups in total. The highest BCUT2D eigenvalue weighted by Crippen LogP contribution is 2.30. The van der Waals surface area contributed by atoms with E-state index in [0.29, 0.717) is 30.5 Å². The number of likely N-dealkylation sites (N-methyl/N-ethyl adjacent to an activating group) is 1. The number of urea groups is 1. The number of hydrogen-bond acceptors (Lipinski definition) is 4. The highest BCUT2D eigenvalue weighted by atomic mass is 32.2. The van der Waals surface area contributed by atoms with E-state index in [1.807, 2.05) is 6.92 Å². The number of carbonyl (C=O) groups excluding carboxylic acids is 1. The summed E-state index contributed by atoms with van der Waals surface area (Å²) in [6.45, 7) is 6.01. The van der Waals surface area contributed by atoms with Crippen molar-refractivity contribution in [1.29, 1.82) is 0 Å². The van der Waals surface area contributed by atoms with Gasteiger partial charge in [-0.3, -0.25) is 0 Å².